The Morgan fingerprint density at radius 2 is 2.10 bits per heavy atom. The van der Waals surface area contributed by atoms with Gasteiger partial charge in [0, 0.05) is 23.7 Å². The molecule has 6 heteroatoms. The molecule has 1 heterocycles. The lowest BCUT2D eigenvalue weighted by Gasteiger charge is -2.34. The number of hydrogen-bond donors (Lipinski definition) is 2. The predicted molar refractivity (Wildman–Crippen MR) is 73.8 cm³/mol. The van der Waals surface area contributed by atoms with Gasteiger partial charge < -0.3 is 15.1 Å². The molecular weight excluding hydrogens is 282 g/mol. The van der Waals surface area contributed by atoms with Crippen LogP contribution in [0.4, 0.5) is 0 Å². The van der Waals surface area contributed by atoms with Crippen molar-refractivity contribution in [2.24, 2.45) is 5.92 Å². The first-order valence-corrected chi connectivity index (χ1v) is 6.74. The maximum atomic E-state index is 12.4. The molecule has 20 heavy (non-hydrogen) atoms. The number of aryl methyl sites for hydroxylation is 1. The number of aliphatic hydroxyl groups is 1. The van der Waals surface area contributed by atoms with Crippen molar-refractivity contribution in [1.29, 1.82) is 0 Å². The standard InChI is InChI=1S/C14H16ClNO4/c1-8-6-9(15)2-3-10(8)13(18)16-5-4-11(14(19)20)12(17)7-16/h2-3,6,11-12,17H,4-5,7H2,1H3,(H,19,20)/t11-,12+/m0/s1. The van der Waals surface area contributed by atoms with E-state index in [2.05, 4.69) is 0 Å². The zero-order valence-corrected chi connectivity index (χ0v) is 11.8. The number of carbonyl (C=O) groups excluding carboxylic acids is 1. The number of aliphatic hydroxyl groups excluding tert-OH is 1. The SMILES string of the molecule is Cc1cc(Cl)ccc1C(=O)N1CC[C@H](C(=O)O)[C@H](O)C1. The van der Waals surface area contributed by atoms with Crippen LogP contribution in [0.2, 0.25) is 5.02 Å². The second kappa shape index (κ2) is 5.81. The molecule has 0 unspecified atom stereocenters. The Kier molecular flexibility index (Phi) is 4.30. The summed E-state index contributed by atoms with van der Waals surface area (Å²) in [5.41, 5.74) is 1.28. The Balaban J connectivity index is 2.13. The smallest absolute Gasteiger partial charge is 0.309 e. The molecule has 0 bridgehead atoms. The number of piperidine rings is 1. The van der Waals surface area contributed by atoms with Crippen LogP contribution in [0.15, 0.2) is 18.2 Å². The first-order chi connectivity index (χ1) is 9.40. The maximum absolute atomic E-state index is 12.4. The van der Waals surface area contributed by atoms with Crippen molar-refractivity contribution in [2.75, 3.05) is 13.1 Å². The fourth-order valence-electron chi connectivity index (χ4n) is 2.44. The molecule has 0 aliphatic carbocycles. The molecule has 0 radical (unpaired) electrons. The van der Waals surface area contributed by atoms with Crippen molar-refractivity contribution in [3.05, 3.63) is 34.3 Å². The quantitative estimate of drug-likeness (QED) is 0.868. The first-order valence-electron chi connectivity index (χ1n) is 6.36. The van der Waals surface area contributed by atoms with Gasteiger partial charge in [-0.15, -0.1) is 0 Å². The Labute approximate surface area is 121 Å². The van der Waals surface area contributed by atoms with Gasteiger partial charge in [-0.2, -0.15) is 0 Å². The summed E-state index contributed by atoms with van der Waals surface area (Å²) in [6.45, 7) is 2.16. The number of nitrogens with zero attached hydrogens (tertiary/aromatic N) is 1. The molecule has 2 atom stereocenters. The summed E-state index contributed by atoms with van der Waals surface area (Å²) in [7, 11) is 0. The number of halogens is 1. The molecule has 0 aromatic heterocycles. The maximum Gasteiger partial charge on any atom is 0.309 e. The molecule has 1 aromatic rings. The summed E-state index contributed by atoms with van der Waals surface area (Å²) < 4.78 is 0. The third kappa shape index (κ3) is 2.94. The lowest BCUT2D eigenvalue weighted by molar-refractivity contribution is -0.148. The van der Waals surface area contributed by atoms with Gasteiger partial charge in [0.15, 0.2) is 0 Å². The fraction of sp³-hybridized carbons (Fsp3) is 0.429. The molecule has 2 N–H and O–H groups in total. The predicted octanol–water partition coefficient (Wildman–Crippen LogP) is 1.56. The van der Waals surface area contributed by atoms with Crippen molar-refractivity contribution in [3.8, 4) is 0 Å². The number of β-amino-alcohol motifs (C(OH)–C–C–N with tert-alkyl or cyclic N) is 1. The van der Waals surface area contributed by atoms with Crippen molar-refractivity contribution in [1.82, 2.24) is 4.90 Å². The monoisotopic (exact) mass is 297 g/mol. The first kappa shape index (κ1) is 14.8. The van der Waals surface area contributed by atoms with Crippen LogP contribution in [0.1, 0.15) is 22.3 Å². The third-order valence-electron chi connectivity index (χ3n) is 3.61. The second-order valence-electron chi connectivity index (χ2n) is 5.01. The average Bonchev–Trinajstić information content (AvgIpc) is 2.37. The van der Waals surface area contributed by atoms with Gasteiger partial charge in [-0.3, -0.25) is 9.59 Å². The summed E-state index contributed by atoms with van der Waals surface area (Å²) in [4.78, 5) is 24.8. The van der Waals surface area contributed by atoms with E-state index in [1.165, 1.54) is 4.90 Å². The number of benzene rings is 1. The summed E-state index contributed by atoms with van der Waals surface area (Å²) in [5.74, 6) is -2.03. The minimum absolute atomic E-state index is 0.0396. The van der Waals surface area contributed by atoms with Crippen LogP contribution in [0.3, 0.4) is 0 Å². The third-order valence-corrected chi connectivity index (χ3v) is 3.84. The van der Waals surface area contributed by atoms with Crippen molar-refractivity contribution in [3.63, 3.8) is 0 Å². The van der Waals surface area contributed by atoms with Crippen LogP contribution in [0.25, 0.3) is 0 Å². The van der Waals surface area contributed by atoms with Crippen LogP contribution in [0, 0.1) is 12.8 Å². The van der Waals surface area contributed by atoms with Crippen molar-refractivity contribution in [2.45, 2.75) is 19.4 Å². The van der Waals surface area contributed by atoms with Gasteiger partial charge in [0.05, 0.1) is 12.0 Å². The fourth-order valence-corrected chi connectivity index (χ4v) is 2.67. The molecule has 0 spiro atoms. The molecule has 1 fully saturated rings. The molecule has 1 saturated heterocycles. The lowest BCUT2D eigenvalue weighted by atomic mass is 9.93. The summed E-state index contributed by atoms with van der Waals surface area (Å²) in [6.07, 6.45) is -0.771. The van der Waals surface area contributed by atoms with E-state index in [-0.39, 0.29) is 18.9 Å². The largest absolute Gasteiger partial charge is 0.481 e. The average molecular weight is 298 g/mol. The molecule has 1 aromatic carbocycles. The second-order valence-corrected chi connectivity index (χ2v) is 5.45. The molecular formula is C14H16ClNO4. The summed E-state index contributed by atoms with van der Waals surface area (Å²) >= 11 is 5.85. The van der Waals surface area contributed by atoms with Crippen LogP contribution < -0.4 is 0 Å². The highest BCUT2D eigenvalue weighted by Gasteiger charge is 2.35. The van der Waals surface area contributed by atoms with Crippen LogP contribution in [-0.2, 0) is 4.79 Å². The van der Waals surface area contributed by atoms with Crippen molar-refractivity contribution < 1.29 is 19.8 Å². The molecule has 108 valence electrons. The summed E-state index contributed by atoms with van der Waals surface area (Å²) in [6, 6.07) is 4.99. The number of aliphatic carboxylic acids is 1. The van der Waals surface area contributed by atoms with E-state index in [1.807, 2.05) is 0 Å². The lowest BCUT2D eigenvalue weighted by Crippen LogP contribution is -2.48. The van der Waals surface area contributed by atoms with Gasteiger partial charge in [0.1, 0.15) is 0 Å². The highest BCUT2D eigenvalue weighted by atomic mass is 35.5. The molecule has 1 aliphatic rings. The molecule has 2 rings (SSSR count). The van der Waals surface area contributed by atoms with E-state index in [9.17, 15) is 14.7 Å². The summed E-state index contributed by atoms with van der Waals surface area (Å²) in [5, 5.41) is 19.3. The van der Waals surface area contributed by atoms with Gasteiger partial charge in [0.25, 0.3) is 5.91 Å². The van der Waals surface area contributed by atoms with Gasteiger partial charge >= 0.3 is 5.97 Å². The minimum atomic E-state index is -1.03. The molecule has 0 saturated carbocycles. The Morgan fingerprint density at radius 1 is 1.40 bits per heavy atom. The number of carbonyl (C=O) groups is 2. The normalized spacial score (nSPS) is 22.6. The van der Waals surface area contributed by atoms with E-state index in [1.54, 1.807) is 25.1 Å². The molecule has 5 nitrogen and oxygen atoms in total. The Morgan fingerprint density at radius 3 is 2.65 bits per heavy atom. The van der Waals surface area contributed by atoms with E-state index in [4.69, 9.17) is 16.7 Å². The van der Waals surface area contributed by atoms with Crippen LogP contribution >= 0.6 is 11.6 Å². The Hall–Kier alpha value is -1.59. The number of hydrogen-bond acceptors (Lipinski definition) is 3. The number of amides is 1. The topological polar surface area (TPSA) is 77.8 Å². The number of carboxylic acid groups (broad SMARTS) is 1. The zero-order valence-electron chi connectivity index (χ0n) is 11.0. The van der Waals surface area contributed by atoms with Crippen molar-refractivity contribution >= 4 is 23.5 Å². The number of rotatable bonds is 2. The van der Waals surface area contributed by atoms with E-state index < -0.39 is 18.0 Å². The van der Waals surface area contributed by atoms with E-state index in [0.717, 1.165) is 5.56 Å². The van der Waals surface area contributed by atoms with Crippen LogP contribution in [0.5, 0.6) is 0 Å². The molecule has 1 aliphatic heterocycles. The minimum Gasteiger partial charge on any atom is -0.481 e. The van der Waals surface area contributed by atoms with Gasteiger partial charge in [-0.1, -0.05) is 11.6 Å². The highest BCUT2D eigenvalue weighted by molar-refractivity contribution is 6.30. The van der Waals surface area contributed by atoms with Gasteiger partial charge in [-0.25, -0.2) is 0 Å². The number of likely N-dealkylation sites (tertiary alicyclic amines) is 1. The van der Waals surface area contributed by atoms with E-state index >= 15 is 0 Å². The zero-order chi connectivity index (χ0) is 14.9. The van der Waals surface area contributed by atoms with E-state index in [0.29, 0.717) is 17.1 Å². The Bertz CT molecular complexity index is 546. The van der Waals surface area contributed by atoms with Gasteiger partial charge in [0.2, 0.25) is 0 Å². The molecule has 1 amide bonds. The van der Waals surface area contributed by atoms with Gasteiger partial charge in [-0.05, 0) is 37.1 Å². The highest BCUT2D eigenvalue weighted by Crippen LogP contribution is 2.22. The van der Waals surface area contributed by atoms with Crippen LogP contribution in [-0.4, -0.2) is 46.2 Å². The number of carboxylic acids is 1.